The summed E-state index contributed by atoms with van der Waals surface area (Å²) in [5.74, 6) is 0.458. The number of nitrogens with zero attached hydrogens (tertiary/aromatic N) is 2. The molecule has 0 radical (unpaired) electrons. The number of aromatic nitrogens is 2. The van der Waals surface area contributed by atoms with Gasteiger partial charge in [0.2, 0.25) is 5.91 Å². The van der Waals surface area contributed by atoms with Crippen LogP contribution in [0, 0.1) is 6.92 Å². The Morgan fingerprint density at radius 2 is 2.19 bits per heavy atom. The van der Waals surface area contributed by atoms with Crippen LogP contribution >= 0.6 is 0 Å². The first kappa shape index (κ1) is 13.6. The van der Waals surface area contributed by atoms with Gasteiger partial charge in [-0.3, -0.25) is 9.89 Å². The van der Waals surface area contributed by atoms with E-state index in [9.17, 15) is 4.79 Å². The van der Waals surface area contributed by atoms with E-state index in [2.05, 4.69) is 17.1 Å². The fourth-order valence-electron chi connectivity index (χ4n) is 2.80. The van der Waals surface area contributed by atoms with E-state index in [1.807, 2.05) is 47.5 Å². The topological polar surface area (TPSA) is 49.0 Å². The van der Waals surface area contributed by atoms with Crippen molar-refractivity contribution in [2.45, 2.75) is 19.3 Å². The molecule has 1 fully saturated rings. The molecule has 0 bridgehead atoms. The Labute approximate surface area is 124 Å². The van der Waals surface area contributed by atoms with Gasteiger partial charge in [0.05, 0.1) is 6.20 Å². The number of benzene rings is 1. The van der Waals surface area contributed by atoms with Crippen molar-refractivity contribution >= 4 is 12.0 Å². The Morgan fingerprint density at radius 3 is 2.90 bits per heavy atom. The highest BCUT2D eigenvalue weighted by atomic mass is 16.2. The van der Waals surface area contributed by atoms with E-state index >= 15 is 0 Å². The number of likely N-dealkylation sites (tertiary alicyclic amines) is 1. The SMILES string of the molecule is Cc1cn[nH]c1[C@@H]1CCN(C(=O)/C=C/c2ccccc2)C1. The number of nitrogens with one attached hydrogen (secondary N) is 1. The van der Waals surface area contributed by atoms with Crippen LogP contribution in [0.2, 0.25) is 0 Å². The first-order chi connectivity index (χ1) is 10.2. The van der Waals surface area contributed by atoms with Crippen LogP contribution in [0.4, 0.5) is 0 Å². The summed E-state index contributed by atoms with van der Waals surface area (Å²) in [7, 11) is 0. The van der Waals surface area contributed by atoms with Crippen molar-refractivity contribution in [1.82, 2.24) is 15.1 Å². The second kappa shape index (κ2) is 5.95. The number of aromatic amines is 1. The van der Waals surface area contributed by atoms with Gasteiger partial charge >= 0.3 is 0 Å². The van der Waals surface area contributed by atoms with Crippen molar-refractivity contribution in [3.05, 3.63) is 59.4 Å². The number of aryl methyl sites for hydroxylation is 1. The summed E-state index contributed by atoms with van der Waals surface area (Å²) in [5.41, 5.74) is 3.39. The zero-order valence-corrected chi connectivity index (χ0v) is 12.1. The van der Waals surface area contributed by atoms with Crippen molar-refractivity contribution < 1.29 is 4.79 Å². The summed E-state index contributed by atoms with van der Waals surface area (Å²) in [5, 5.41) is 7.13. The molecule has 3 rings (SSSR count). The average molecular weight is 281 g/mol. The molecule has 108 valence electrons. The van der Waals surface area contributed by atoms with Gasteiger partial charge in [-0.05, 0) is 30.5 Å². The number of rotatable bonds is 3. The molecular weight excluding hydrogens is 262 g/mol. The van der Waals surface area contributed by atoms with Crippen molar-refractivity contribution in [3.8, 4) is 0 Å². The van der Waals surface area contributed by atoms with Crippen LogP contribution in [0.3, 0.4) is 0 Å². The Kier molecular flexibility index (Phi) is 3.86. The Bertz CT molecular complexity index is 645. The lowest BCUT2D eigenvalue weighted by Gasteiger charge is -2.14. The molecule has 1 aromatic heterocycles. The smallest absolute Gasteiger partial charge is 0.246 e. The van der Waals surface area contributed by atoms with Gasteiger partial charge in [-0.15, -0.1) is 0 Å². The Balaban J connectivity index is 1.62. The molecule has 1 aromatic carbocycles. The third-order valence-corrected chi connectivity index (χ3v) is 3.99. The van der Waals surface area contributed by atoms with Crippen molar-refractivity contribution in [2.75, 3.05) is 13.1 Å². The van der Waals surface area contributed by atoms with Gasteiger partial charge in [0.1, 0.15) is 0 Å². The Morgan fingerprint density at radius 1 is 1.38 bits per heavy atom. The van der Waals surface area contributed by atoms with Gasteiger partial charge in [-0.25, -0.2) is 0 Å². The average Bonchev–Trinajstić information content (AvgIpc) is 3.14. The van der Waals surface area contributed by atoms with Gasteiger partial charge in [0, 0.05) is 30.8 Å². The number of H-pyrrole nitrogens is 1. The number of hydrogen-bond acceptors (Lipinski definition) is 2. The summed E-state index contributed by atoms with van der Waals surface area (Å²) in [4.78, 5) is 14.1. The van der Waals surface area contributed by atoms with Gasteiger partial charge in [-0.2, -0.15) is 5.10 Å². The maximum atomic E-state index is 12.2. The molecule has 1 saturated heterocycles. The molecule has 1 N–H and O–H groups in total. The normalized spacial score (nSPS) is 18.5. The minimum atomic E-state index is 0.0820. The number of hydrogen-bond donors (Lipinski definition) is 1. The lowest BCUT2D eigenvalue weighted by molar-refractivity contribution is -0.124. The summed E-state index contributed by atoms with van der Waals surface area (Å²) in [6, 6.07) is 9.89. The molecule has 0 unspecified atom stereocenters. The Hall–Kier alpha value is -2.36. The van der Waals surface area contributed by atoms with Crippen molar-refractivity contribution in [1.29, 1.82) is 0 Å². The fraction of sp³-hybridized carbons (Fsp3) is 0.294. The van der Waals surface area contributed by atoms with E-state index in [0.717, 1.165) is 30.8 Å². The van der Waals surface area contributed by atoms with Crippen molar-refractivity contribution in [3.63, 3.8) is 0 Å². The van der Waals surface area contributed by atoms with Crippen LogP contribution in [0.15, 0.2) is 42.6 Å². The minimum Gasteiger partial charge on any atom is -0.338 e. The maximum Gasteiger partial charge on any atom is 0.246 e. The summed E-state index contributed by atoms with van der Waals surface area (Å²) in [6.07, 6.45) is 6.37. The molecular formula is C17H19N3O. The lowest BCUT2D eigenvalue weighted by Crippen LogP contribution is -2.26. The molecule has 0 spiro atoms. The van der Waals surface area contributed by atoms with Crippen LogP contribution in [0.1, 0.15) is 29.2 Å². The highest BCUT2D eigenvalue weighted by Crippen LogP contribution is 2.27. The number of carbonyl (C=O) groups is 1. The highest BCUT2D eigenvalue weighted by Gasteiger charge is 2.28. The molecule has 1 aliphatic rings. The maximum absolute atomic E-state index is 12.2. The van der Waals surface area contributed by atoms with E-state index in [0.29, 0.717) is 5.92 Å². The van der Waals surface area contributed by atoms with E-state index in [1.165, 1.54) is 5.56 Å². The van der Waals surface area contributed by atoms with E-state index in [-0.39, 0.29) is 5.91 Å². The first-order valence-corrected chi connectivity index (χ1v) is 7.26. The van der Waals surface area contributed by atoms with Crippen LogP contribution in [-0.4, -0.2) is 34.1 Å². The fourth-order valence-corrected chi connectivity index (χ4v) is 2.80. The predicted molar refractivity (Wildman–Crippen MR) is 82.7 cm³/mol. The zero-order valence-electron chi connectivity index (χ0n) is 12.1. The van der Waals surface area contributed by atoms with E-state index in [1.54, 1.807) is 6.08 Å². The molecule has 0 aliphatic carbocycles. The summed E-state index contributed by atoms with van der Waals surface area (Å²) >= 11 is 0. The zero-order chi connectivity index (χ0) is 14.7. The van der Waals surface area contributed by atoms with Gasteiger partial charge in [0.25, 0.3) is 0 Å². The standard InChI is InChI=1S/C17H19N3O/c1-13-11-18-19-17(13)15-9-10-20(12-15)16(21)8-7-14-5-3-2-4-6-14/h2-8,11,15H,9-10,12H2,1H3,(H,18,19)/b8-7+/t15-/m1/s1. The van der Waals surface area contributed by atoms with E-state index < -0.39 is 0 Å². The molecule has 21 heavy (non-hydrogen) atoms. The van der Waals surface area contributed by atoms with Gasteiger partial charge in [0.15, 0.2) is 0 Å². The largest absolute Gasteiger partial charge is 0.338 e. The second-order valence-electron chi connectivity index (χ2n) is 5.48. The van der Waals surface area contributed by atoms with Crippen LogP contribution < -0.4 is 0 Å². The van der Waals surface area contributed by atoms with Crippen LogP contribution in [0.5, 0.6) is 0 Å². The third-order valence-electron chi connectivity index (χ3n) is 3.99. The van der Waals surface area contributed by atoms with Crippen molar-refractivity contribution in [2.24, 2.45) is 0 Å². The van der Waals surface area contributed by atoms with Crippen LogP contribution in [-0.2, 0) is 4.79 Å². The molecule has 2 heterocycles. The van der Waals surface area contributed by atoms with E-state index in [4.69, 9.17) is 0 Å². The number of amides is 1. The summed E-state index contributed by atoms with van der Waals surface area (Å²) in [6.45, 7) is 3.63. The monoisotopic (exact) mass is 281 g/mol. The molecule has 0 saturated carbocycles. The predicted octanol–water partition coefficient (Wildman–Crippen LogP) is 2.75. The number of carbonyl (C=O) groups excluding carboxylic acids is 1. The van der Waals surface area contributed by atoms with Crippen LogP contribution in [0.25, 0.3) is 6.08 Å². The van der Waals surface area contributed by atoms with Gasteiger partial charge < -0.3 is 4.90 Å². The first-order valence-electron chi connectivity index (χ1n) is 7.26. The minimum absolute atomic E-state index is 0.0820. The molecule has 4 nitrogen and oxygen atoms in total. The molecule has 1 aliphatic heterocycles. The third kappa shape index (κ3) is 3.05. The van der Waals surface area contributed by atoms with Gasteiger partial charge in [-0.1, -0.05) is 30.3 Å². The lowest BCUT2D eigenvalue weighted by atomic mass is 10.0. The quantitative estimate of drug-likeness (QED) is 0.879. The molecule has 1 amide bonds. The molecule has 1 atom stereocenters. The summed E-state index contributed by atoms with van der Waals surface area (Å²) < 4.78 is 0. The second-order valence-corrected chi connectivity index (χ2v) is 5.48. The molecule has 4 heteroatoms. The highest BCUT2D eigenvalue weighted by molar-refractivity contribution is 5.92. The molecule has 2 aromatic rings.